The summed E-state index contributed by atoms with van der Waals surface area (Å²) in [7, 11) is 0. The summed E-state index contributed by atoms with van der Waals surface area (Å²) in [6, 6.07) is 7.37. The van der Waals surface area contributed by atoms with E-state index in [1.165, 1.54) is 11.3 Å². The number of aromatic carboxylic acids is 1. The number of fused-ring (bicyclic) bond motifs is 1. The fourth-order valence-electron chi connectivity index (χ4n) is 0.964. The van der Waals surface area contributed by atoms with Gasteiger partial charge in [0.15, 0.2) is 0 Å². The number of para-hydroxylation sites is 1. The van der Waals surface area contributed by atoms with Gasteiger partial charge in [-0.3, -0.25) is 0 Å². The summed E-state index contributed by atoms with van der Waals surface area (Å²) in [6.45, 7) is 0. The van der Waals surface area contributed by atoms with E-state index in [0.29, 0.717) is 0 Å². The van der Waals surface area contributed by atoms with Crippen molar-refractivity contribution < 1.29 is 9.90 Å². The van der Waals surface area contributed by atoms with Gasteiger partial charge >= 0.3 is 5.97 Å². The number of carboxylic acids is 1. The number of carbonyl (C=O) groups is 1. The monoisotopic (exact) mass is 218 g/mol. The Bertz CT molecular complexity index is 407. The van der Waals surface area contributed by atoms with Crippen LogP contribution in [0.15, 0.2) is 24.3 Å². The third-order valence-electron chi connectivity index (χ3n) is 1.48. The fourth-order valence-corrected chi connectivity index (χ4v) is 1.77. The zero-order valence-electron chi connectivity index (χ0n) is 7.02. The number of carboxylic acid groups (broad SMARTS) is 1. The van der Waals surface area contributed by atoms with Crippen molar-refractivity contribution in [3.8, 4) is 0 Å². The summed E-state index contributed by atoms with van der Waals surface area (Å²) in [5.41, 5.74) is 0.750. The van der Waals surface area contributed by atoms with E-state index in [0.717, 1.165) is 10.2 Å². The number of thiazole rings is 1. The number of benzene rings is 1. The molecule has 1 aromatic carbocycles. The number of aromatic nitrogens is 1. The van der Waals surface area contributed by atoms with Gasteiger partial charge in [-0.25, -0.2) is 9.78 Å². The molecule has 1 heterocycles. The normalized spacial score (nSPS) is 9.54. The molecule has 0 aliphatic rings. The first kappa shape index (κ1) is 11.3. The molecule has 0 bridgehead atoms. The van der Waals surface area contributed by atoms with Crippen molar-refractivity contribution in [1.82, 2.24) is 4.98 Å². The topological polar surface area (TPSA) is 50.2 Å². The van der Waals surface area contributed by atoms with Crippen molar-refractivity contribution in [2.75, 3.05) is 0 Å². The standard InChI is InChI=1S/C8H5NO2S.K/c10-8(11)7-9-5-3-1-2-4-6(5)12-7;/h1-4H,(H,10,11);. The number of hydrogen-bond donors (Lipinski definition) is 1. The van der Waals surface area contributed by atoms with Gasteiger partial charge in [0.25, 0.3) is 0 Å². The minimum absolute atomic E-state index is 0. The van der Waals surface area contributed by atoms with Crippen LogP contribution in [0.3, 0.4) is 0 Å². The van der Waals surface area contributed by atoms with Crippen LogP contribution in [0.4, 0.5) is 0 Å². The van der Waals surface area contributed by atoms with Crippen molar-refractivity contribution in [3.63, 3.8) is 0 Å². The van der Waals surface area contributed by atoms with Gasteiger partial charge in [0.1, 0.15) is 0 Å². The largest absolute Gasteiger partial charge is 0.476 e. The molecule has 0 saturated heterocycles. The summed E-state index contributed by atoms with van der Waals surface area (Å²) in [5.74, 6) is -0.962. The van der Waals surface area contributed by atoms with Crippen molar-refractivity contribution in [2.45, 2.75) is 0 Å². The molecule has 0 unspecified atom stereocenters. The molecule has 1 N–H and O–H groups in total. The van der Waals surface area contributed by atoms with Gasteiger partial charge in [-0.1, -0.05) is 12.1 Å². The van der Waals surface area contributed by atoms with Gasteiger partial charge in [-0.2, -0.15) is 0 Å². The molecule has 2 rings (SSSR count). The number of rotatable bonds is 1. The van der Waals surface area contributed by atoms with Crippen LogP contribution in [0, 0.1) is 0 Å². The summed E-state index contributed by atoms with van der Waals surface area (Å²) in [4.78, 5) is 14.4. The van der Waals surface area contributed by atoms with E-state index in [9.17, 15) is 4.79 Å². The minimum atomic E-state index is -0.962. The quantitative estimate of drug-likeness (QED) is 0.740. The molecule has 0 atom stereocenters. The molecule has 1 aromatic heterocycles. The van der Waals surface area contributed by atoms with Crippen LogP contribution in [0.2, 0.25) is 0 Å². The third kappa shape index (κ3) is 2.37. The molecule has 2 aromatic rings. The Hall–Kier alpha value is 0.216. The minimum Gasteiger partial charge on any atom is -0.476 e. The van der Waals surface area contributed by atoms with Crippen LogP contribution in [0.25, 0.3) is 10.2 Å². The summed E-state index contributed by atoms with van der Waals surface area (Å²) in [5, 5.41) is 8.78. The van der Waals surface area contributed by atoms with Crippen LogP contribution in [-0.4, -0.2) is 67.4 Å². The fraction of sp³-hybridized carbons (Fsp3) is 0. The van der Waals surface area contributed by atoms with Crippen molar-refractivity contribution >= 4 is 78.9 Å². The molecule has 0 aliphatic heterocycles. The van der Waals surface area contributed by atoms with Gasteiger partial charge in [0.05, 0.1) is 10.2 Å². The second-order valence-corrected chi connectivity index (χ2v) is 3.32. The molecule has 0 spiro atoms. The van der Waals surface area contributed by atoms with Crippen LogP contribution < -0.4 is 0 Å². The molecule has 0 amide bonds. The van der Waals surface area contributed by atoms with Crippen LogP contribution in [0.1, 0.15) is 9.80 Å². The molecule has 0 fully saturated rings. The summed E-state index contributed by atoms with van der Waals surface area (Å²) >= 11 is 1.19. The Morgan fingerprint density at radius 3 is 2.69 bits per heavy atom. The summed E-state index contributed by atoms with van der Waals surface area (Å²) < 4.78 is 0.912. The van der Waals surface area contributed by atoms with E-state index in [1.807, 2.05) is 18.2 Å². The van der Waals surface area contributed by atoms with E-state index in [4.69, 9.17) is 5.11 Å². The zero-order valence-corrected chi connectivity index (χ0v) is 11.0. The maximum absolute atomic E-state index is 10.5. The van der Waals surface area contributed by atoms with Crippen LogP contribution in [-0.2, 0) is 0 Å². The van der Waals surface area contributed by atoms with E-state index >= 15 is 0 Å². The predicted molar refractivity (Wildman–Crippen MR) is 52.3 cm³/mol. The van der Waals surface area contributed by atoms with E-state index in [2.05, 4.69) is 4.98 Å². The molecule has 13 heavy (non-hydrogen) atoms. The SMILES string of the molecule is O=C(O)c1nc2ccccc2s1.[K]. The smallest absolute Gasteiger partial charge is 0.365 e. The second-order valence-electron chi connectivity index (χ2n) is 2.29. The van der Waals surface area contributed by atoms with Crippen LogP contribution in [0.5, 0.6) is 0 Å². The van der Waals surface area contributed by atoms with Gasteiger partial charge < -0.3 is 5.11 Å². The third-order valence-corrected chi connectivity index (χ3v) is 2.50. The van der Waals surface area contributed by atoms with Crippen LogP contribution >= 0.6 is 11.3 Å². The average Bonchev–Trinajstić information content (AvgIpc) is 2.46. The Balaban J connectivity index is 0.000000845. The molecule has 0 saturated carbocycles. The van der Waals surface area contributed by atoms with E-state index in [1.54, 1.807) is 6.07 Å². The first-order valence-electron chi connectivity index (χ1n) is 3.36. The number of nitrogens with zero attached hydrogens (tertiary/aromatic N) is 1. The molecule has 5 heteroatoms. The first-order valence-corrected chi connectivity index (χ1v) is 4.18. The zero-order chi connectivity index (χ0) is 8.55. The Labute approximate surface area is 121 Å². The first-order chi connectivity index (χ1) is 5.77. The number of hydrogen-bond acceptors (Lipinski definition) is 3. The molecule has 3 nitrogen and oxygen atoms in total. The van der Waals surface area contributed by atoms with Gasteiger partial charge in [-0.15, -0.1) is 11.3 Å². The van der Waals surface area contributed by atoms with Crippen molar-refractivity contribution in [1.29, 1.82) is 0 Å². The Morgan fingerprint density at radius 2 is 2.08 bits per heavy atom. The van der Waals surface area contributed by atoms with Gasteiger partial charge in [-0.05, 0) is 12.1 Å². The molecule has 0 aliphatic carbocycles. The average molecular weight is 218 g/mol. The predicted octanol–water partition coefficient (Wildman–Crippen LogP) is 1.61. The second kappa shape index (κ2) is 4.63. The Kier molecular flexibility index (Phi) is 4.02. The molecular formula is C8H5KNO2S. The molecule has 1 radical (unpaired) electrons. The van der Waals surface area contributed by atoms with Crippen molar-refractivity contribution in [2.24, 2.45) is 0 Å². The van der Waals surface area contributed by atoms with Crippen molar-refractivity contribution in [3.05, 3.63) is 29.3 Å². The Morgan fingerprint density at radius 1 is 1.38 bits per heavy atom. The maximum atomic E-state index is 10.5. The van der Waals surface area contributed by atoms with E-state index in [-0.39, 0.29) is 56.4 Å². The molecule has 61 valence electrons. The summed E-state index contributed by atoms with van der Waals surface area (Å²) in [6.07, 6.45) is 0. The maximum Gasteiger partial charge on any atom is 0.365 e. The van der Waals surface area contributed by atoms with Gasteiger partial charge in [0.2, 0.25) is 5.01 Å². The van der Waals surface area contributed by atoms with Gasteiger partial charge in [0, 0.05) is 51.4 Å². The molecular weight excluding hydrogens is 213 g/mol. The van der Waals surface area contributed by atoms with E-state index < -0.39 is 5.97 Å².